The first-order chi connectivity index (χ1) is 6.25. The van der Waals surface area contributed by atoms with Crippen LogP contribution in [0.3, 0.4) is 0 Å². The number of benzene rings is 1. The molecule has 1 nitrogen and oxygen atoms in total. The summed E-state index contributed by atoms with van der Waals surface area (Å²) >= 11 is 0. The van der Waals surface area contributed by atoms with Gasteiger partial charge in [0, 0.05) is 5.56 Å². The van der Waals surface area contributed by atoms with E-state index < -0.39 is 0 Å². The summed E-state index contributed by atoms with van der Waals surface area (Å²) in [6, 6.07) is 5.37. The second-order valence-electron chi connectivity index (χ2n) is 2.96. The van der Waals surface area contributed by atoms with Gasteiger partial charge >= 0.3 is 0 Å². The normalized spacial score (nSPS) is 11.0. The van der Waals surface area contributed by atoms with Crippen LogP contribution in [0.1, 0.15) is 17.5 Å². The molecule has 1 rings (SSSR count). The first kappa shape index (κ1) is 9.93. The maximum Gasteiger partial charge on any atom is 0.133 e. The van der Waals surface area contributed by atoms with Gasteiger partial charge in [-0.05, 0) is 25.5 Å². The zero-order valence-electron chi connectivity index (χ0n) is 7.76. The highest BCUT2D eigenvalue weighted by Crippen LogP contribution is 2.13. The molecule has 0 heterocycles. The molecule has 0 aliphatic rings. The Hall–Kier alpha value is -1.15. The Kier molecular flexibility index (Phi) is 3.65. The minimum Gasteiger partial charge on any atom is -0.330 e. The number of hydrogen-bond donors (Lipinski definition) is 1. The molecule has 0 saturated heterocycles. The zero-order chi connectivity index (χ0) is 9.68. The van der Waals surface area contributed by atoms with E-state index in [2.05, 4.69) is 0 Å². The van der Waals surface area contributed by atoms with E-state index in [4.69, 9.17) is 5.73 Å². The fourth-order valence-corrected chi connectivity index (χ4v) is 1.11. The van der Waals surface area contributed by atoms with Gasteiger partial charge in [-0.25, -0.2) is 4.39 Å². The summed E-state index contributed by atoms with van der Waals surface area (Å²) < 4.78 is 13.3. The van der Waals surface area contributed by atoms with Crippen molar-refractivity contribution in [2.75, 3.05) is 6.54 Å². The number of halogens is 1. The lowest BCUT2D eigenvalue weighted by Crippen LogP contribution is -1.95. The van der Waals surface area contributed by atoms with E-state index >= 15 is 0 Å². The predicted octanol–water partition coefficient (Wildman–Crippen LogP) is 2.50. The molecule has 0 fully saturated rings. The molecular formula is C11H14FN. The lowest BCUT2D eigenvalue weighted by Gasteiger charge is -1.99. The van der Waals surface area contributed by atoms with Crippen molar-refractivity contribution in [3.8, 4) is 0 Å². The monoisotopic (exact) mass is 179 g/mol. The van der Waals surface area contributed by atoms with Crippen molar-refractivity contribution in [3.63, 3.8) is 0 Å². The molecule has 0 aromatic heterocycles. The Morgan fingerprint density at radius 3 is 2.92 bits per heavy atom. The van der Waals surface area contributed by atoms with Crippen molar-refractivity contribution in [1.29, 1.82) is 0 Å². The maximum atomic E-state index is 13.3. The molecule has 0 bridgehead atoms. The van der Waals surface area contributed by atoms with Crippen LogP contribution in [0.25, 0.3) is 6.08 Å². The van der Waals surface area contributed by atoms with E-state index in [9.17, 15) is 4.39 Å². The second kappa shape index (κ2) is 4.77. The Balaban J connectivity index is 2.83. The molecule has 0 aliphatic carbocycles. The summed E-state index contributed by atoms with van der Waals surface area (Å²) in [7, 11) is 0. The van der Waals surface area contributed by atoms with Crippen LogP contribution in [-0.4, -0.2) is 6.54 Å². The van der Waals surface area contributed by atoms with Gasteiger partial charge in [0.15, 0.2) is 0 Å². The van der Waals surface area contributed by atoms with Gasteiger partial charge in [0.2, 0.25) is 0 Å². The zero-order valence-corrected chi connectivity index (χ0v) is 7.76. The fourth-order valence-electron chi connectivity index (χ4n) is 1.11. The Labute approximate surface area is 78.1 Å². The lowest BCUT2D eigenvalue weighted by molar-refractivity contribution is 0.616. The largest absolute Gasteiger partial charge is 0.330 e. The van der Waals surface area contributed by atoms with Crippen molar-refractivity contribution < 1.29 is 4.39 Å². The lowest BCUT2D eigenvalue weighted by atomic mass is 10.1. The van der Waals surface area contributed by atoms with Crippen LogP contribution in [0.4, 0.5) is 4.39 Å². The molecule has 0 radical (unpaired) electrons. The summed E-state index contributed by atoms with van der Waals surface area (Å²) in [5.74, 6) is -0.143. The molecule has 1 aromatic rings. The van der Waals surface area contributed by atoms with Crippen molar-refractivity contribution >= 4 is 6.08 Å². The number of rotatable bonds is 3. The molecule has 2 heteroatoms. The van der Waals surface area contributed by atoms with Crippen molar-refractivity contribution in [1.82, 2.24) is 0 Å². The van der Waals surface area contributed by atoms with E-state index in [0.29, 0.717) is 17.7 Å². The minimum atomic E-state index is -0.143. The molecule has 70 valence electrons. The number of hydrogen-bond acceptors (Lipinski definition) is 1. The molecule has 13 heavy (non-hydrogen) atoms. The van der Waals surface area contributed by atoms with Gasteiger partial charge in [-0.1, -0.05) is 30.4 Å². The Morgan fingerprint density at radius 2 is 2.23 bits per heavy atom. The van der Waals surface area contributed by atoms with Crippen LogP contribution < -0.4 is 5.73 Å². The quantitative estimate of drug-likeness (QED) is 0.758. The molecule has 1 aromatic carbocycles. The molecule has 0 saturated carbocycles. The van der Waals surface area contributed by atoms with Crippen LogP contribution in [0.2, 0.25) is 0 Å². The van der Waals surface area contributed by atoms with Gasteiger partial charge in [-0.15, -0.1) is 0 Å². The SMILES string of the molecule is Cc1cccc(/C=C/CCN)c1F. The maximum absolute atomic E-state index is 13.3. The van der Waals surface area contributed by atoms with Crippen LogP contribution in [0, 0.1) is 12.7 Å². The average molecular weight is 179 g/mol. The highest BCUT2D eigenvalue weighted by atomic mass is 19.1. The van der Waals surface area contributed by atoms with Gasteiger partial charge in [-0.2, -0.15) is 0 Å². The van der Waals surface area contributed by atoms with Crippen molar-refractivity contribution in [2.45, 2.75) is 13.3 Å². The van der Waals surface area contributed by atoms with E-state index in [1.165, 1.54) is 0 Å². The molecule has 0 unspecified atom stereocenters. The van der Waals surface area contributed by atoms with Gasteiger partial charge in [0.1, 0.15) is 5.82 Å². The van der Waals surface area contributed by atoms with E-state index in [-0.39, 0.29) is 5.82 Å². The first-order valence-electron chi connectivity index (χ1n) is 4.37. The van der Waals surface area contributed by atoms with E-state index in [1.54, 1.807) is 25.1 Å². The third-order valence-electron chi connectivity index (χ3n) is 1.85. The van der Waals surface area contributed by atoms with Crippen LogP contribution in [0.5, 0.6) is 0 Å². The highest BCUT2D eigenvalue weighted by molar-refractivity contribution is 5.51. The third-order valence-corrected chi connectivity index (χ3v) is 1.85. The second-order valence-corrected chi connectivity index (χ2v) is 2.96. The van der Waals surface area contributed by atoms with Crippen molar-refractivity contribution in [2.24, 2.45) is 5.73 Å². The third kappa shape index (κ3) is 2.67. The minimum absolute atomic E-state index is 0.143. The predicted molar refractivity (Wildman–Crippen MR) is 53.8 cm³/mol. The van der Waals surface area contributed by atoms with E-state index in [0.717, 1.165) is 6.42 Å². The standard InChI is InChI=1S/C11H14FN/c1-9-5-4-7-10(11(9)12)6-2-3-8-13/h2,4-7H,3,8,13H2,1H3/b6-2+. The Bertz CT molecular complexity index is 305. The van der Waals surface area contributed by atoms with Crippen LogP contribution in [-0.2, 0) is 0 Å². The van der Waals surface area contributed by atoms with Gasteiger partial charge in [0.05, 0.1) is 0 Å². The molecular weight excluding hydrogens is 165 g/mol. The summed E-state index contributed by atoms with van der Waals surface area (Å²) in [5.41, 5.74) is 6.62. The summed E-state index contributed by atoms with van der Waals surface area (Å²) in [4.78, 5) is 0. The summed E-state index contributed by atoms with van der Waals surface area (Å²) in [5, 5.41) is 0. The highest BCUT2D eigenvalue weighted by Gasteiger charge is 1.99. The molecule has 0 aliphatic heterocycles. The topological polar surface area (TPSA) is 26.0 Å². The van der Waals surface area contributed by atoms with Crippen LogP contribution >= 0.6 is 0 Å². The molecule has 0 spiro atoms. The smallest absolute Gasteiger partial charge is 0.133 e. The molecule has 0 atom stereocenters. The van der Waals surface area contributed by atoms with Gasteiger partial charge in [-0.3, -0.25) is 0 Å². The summed E-state index contributed by atoms with van der Waals surface area (Å²) in [6.07, 6.45) is 4.44. The van der Waals surface area contributed by atoms with Crippen molar-refractivity contribution in [3.05, 3.63) is 41.2 Å². The van der Waals surface area contributed by atoms with Gasteiger partial charge in [0.25, 0.3) is 0 Å². The number of aryl methyl sites for hydroxylation is 1. The van der Waals surface area contributed by atoms with Crippen LogP contribution in [0.15, 0.2) is 24.3 Å². The van der Waals surface area contributed by atoms with Gasteiger partial charge < -0.3 is 5.73 Å². The molecule has 0 amide bonds. The first-order valence-corrected chi connectivity index (χ1v) is 4.37. The number of nitrogens with two attached hydrogens (primary N) is 1. The fraction of sp³-hybridized carbons (Fsp3) is 0.273. The summed E-state index contributed by atoms with van der Waals surface area (Å²) in [6.45, 7) is 2.36. The average Bonchev–Trinajstić information content (AvgIpc) is 2.13. The Morgan fingerprint density at radius 1 is 1.46 bits per heavy atom. The molecule has 2 N–H and O–H groups in total. The van der Waals surface area contributed by atoms with E-state index in [1.807, 2.05) is 12.1 Å².